The normalized spacial score (nSPS) is 29.1. The maximum absolute atomic E-state index is 11.2. The predicted molar refractivity (Wildman–Crippen MR) is 75.5 cm³/mol. The van der Waals surface area contributed by atoms with Gasteiger partial charge < -0.3 is 10.0 Å². The van der Waals surface area contributed by atoms with Gasteiger partial charge in [0.15, 0.2) is 0 Å². The van der Waals surface area contributed by atoms with Crippen molar-refractivity contribution in [2.24, 2.45) is 5.41 Å². The molecule has 1 heterocycles. The van der Waals surface area contributed by atoms with Gasteiger partial charge in [0.25, 0.3) is 0 Å². The number of fused-ring (bicyclic) bond motifs is 3. The van der Waals surface area contributed by atoms with Crippen LogP contribution in [0.25, 0.3) is 5.57 Å². The number of carboxylic acid groups (broad SMARTS) is 1. The van der Waals surface area contributed by atoms with E-state index in [1.807, 2.05) is 12.1 Å². The molecule has 2 unspecified atom stereocenters. The van der Waals surface area contributed by atoms with Crippen LogP contribution in [-0.2, 0) is 0 Å². The number of amides is 1. The van der Waals surface area contributed by atoms with Crippen molar-refractivity contribution < 1.29 is 9.90 Å². The fourth-order valence-corrected chi connectivity index (χ4v) is 3.95. The average Bonchev–Trinajstić information content (AvgIpc) is 2.66. The van der Waals surface area contributed by atoms with Crippen molar-refractivity contribution in [2.75, 3.05) is 13.1 Å². The first kappa shape index (κ1) is 12.5. The number of benzene rings is 1. The van der Waals surface area contributed by atoms with E-state index in [1.54, 1.807) is 0 Å². The lowest BCUT2D eigenvalue weighted by Crippen LogP contribution is -2.31. The molecule has 1 saturated heterocycles. The Hall–Kier alpha value is -1.48. The number of halogens is 1. The lowest BCUT2D eigenvalue weighted by molar-refractivity contribution is 0.150. The summed E-state index contributed by atoms with van der Waals surface area (Å²) in [5, 5.41) is 9.94. The Kier molecular flexibility index (Phi) is 2.65. The zero-order valence-corrected chi connectivity index (χ0v) is 11.6. The van der Waals surface area contributed by atoms with E-state index >= 15 is 0 Å². The lowest BCUT2D eigenvalue weighted by atomic mass is 9.65. The monoisotopic (exact) mass is 277 g/mol. The van der Waals surface area contributed by atoms with E-state index in [2.05, 4.69) is 19.6 Å². The van der Waals surface area contributed by atoms with Crippen molar-refractivity contribution in [2.45, 2.75) is 19.3 Å². The Labute approximate surface area is 117 Å². The van der Waals surface area contributed by atoms with E-state index in [0.717, 1.165) is 28.1 Å². The number of hydrogen-bond acceptors (Lipinski definition) is 1. The zero-order chi connectivity index (χ0) is 13.8. The van der Waals surface area contributed by atoms with Crippen molar-refractivity contribution in [3.05, 3.63) is 40.9 Å². The van der Waals surface area contributed by atoms with Crippen molar-refractivity contribution in [1.29, 1.82) is 0 Å². The fraction of sp³-hybridized carbons (Fsp3) is 0.400. The molecule has 0 saturated carbocycles. The maximum Gasteiger partial charge on any atom is 0.407 e. The largest absolute Gasteiger partial charge is 0.465 e. The summed E-state index contributed by atoms with van der Waals surface area (Å²) in [5.74, 6) is 0.211. The second kappa shape index (κ2) is 4.01. The summed E-state index contributed by atoms with van der Waals surface area (Å²) >= 11 is 6.28. The zero-order valence-electron chi connectivity index (χ0n) is 10.8. The highest BCUT2D eigenvalue weighted by Crippen LogP contribution is 2.54. The molecule has 19 heavy (non-hydrogen) atoms. The number of likely N-dealkylation sites (tertiary alicyclic amines) is 1. The minimum atomic E-state index is -0.843. The molecule has 0 bridgehead atoms. The van der Waals surface area contributed by atoms with Crippen molar-refractivity contribution in [3.63, 3.8) is 0 Å². The van der Waals surface area contributed by atoms with E-state index in [1.165, 1.54) is 4.90 Å². The van der Waals surface area contributed by atoms with E-state index in [4.69, 9.17) is 11.6 Å². The highest BCUT2D eigenvalue weighted by atomic mass is 35.5. The van der Waals surface area contributed by atoms with Crippen LogP contribution in [0, 0.1) is 5.41 Å². The van der Waals surface area contributed by atoms with Gasteiger partial charge in [-0.25, -0.2) is 4.79 Å². The highest BCUT2D eigenvalue weighted by Gasteiger charge is 2.49. The Morgan fingerprint density at radius 3 is 3.00 bits per heavy atom. The molecule has 1 N–H and O–H groups in total. The summed E-state index contributed by atoms with van der Waals surface area (Å²) in [6.07, 6.45) is -0.0390. The molecule has 2 atom stereocenters. The van der Waals surface area contributed by atoms with Crippen LogP contribution in [0.4, 0.5) is 4.79 Å². The smallest absolute Gasteiger partial charge is 0.407 e. The Morgan fingerprint density at radius 2 is 2.32 bits per heavy atom. The molecule has 1 aromatic rings. The molecule has 1 aromatic carbocycles. The molecular formula is C15H16ClNO2. The maximum atomic E-state index is 11.2. The molecule has 0 spiro atoms. The summed E-state index contributed by atoms with van der Waals surface area (Å²) in [6, 6.07) is 5.86. The van der Waals surface area contributed by atoms with Crippen LogP contribution in [0.1, 0.15) is 30.4 Å². The first-order chi connectivity index (χ1) is 8.92. The summed E-state index contributed by atoms with van der Waals surface area (Å²) < 4.78 is 0. The van der Waals surface area contributed by atoms with Crippen LogP contribution in [0.15, 0.2) is 24.8 Å². The van der Waals surface area contributed by atoms with Gasteiger partial charge in [0.05, 0.1) is 0 Å². The molecule has 1 amide bonds. The molecule has 4 heteroatoms. The van der Waals surface area contributed by atoms with Crippen LogP contribution >= 0.6 is 11.6 Å². The lowest BCUT2D eigenvalue weighted by Gasteiger charge is -2.38. The molecule has 2 aliphatic rings. The van der Waals surface area contributed by atoms with E-state index in [-0.39, 0.29) is 11.3 Å². The minimum absolute atomic E-state index is 0.0623. The van der Waals surface area contributed by atoms with Gasteiger partial charge in [0.1, 0.15) is 0 Å². The molecule has 100 valence electrons. The molecule has 1 aliphatic carbocycles. The molecule has 1 aliphatic heterocycles. The third kappa shape index (κ3) is 1.76. The summed E-state index contributed by atoms with van der Waals surface area (Å²) in [4.78, 5) is 12.7. The molecule has 1 fully saturated rings. The minimum Gasteiger partial charge on any atom is -0.465 e. The van der Waals surface area contributed by atoms with E-state index < -0.39 is 6.09 Å². The SMILES string of the molecule is C=C1CC2(C)CN(C(=O)O)CC2c2cccc(Cl)c21. The van der Waals surface area contributed by atoms with Crippen LogP contribution < -0.4 is 0 Å². The Bertz CT molecular complexity index is 584. The van der Waals surface area contributed by atoms with Crippen molar-refractivity contribution in [1.82, 2.24) is 4.90 Å². The standard InChI is InChI=1S/C15H16ClNO2/c1-9-6-15(2)8-17(14(18)19)7-11(15)10-4-3-5-12(16)13(9)10/h3-5,11H,1,6-8H2,2H3,(H,18,19). The van der Waals surface area contributed by atoms with Gasteiger partial charge in [-0.1, -0.05) is 37.2 Å². The molecule has 3 rings (SSSR count). The number of rotatable bonds is 0. The summed E-state index contributed by atoms with van der Waals surface area (Å²) in [5.41, 5.74) is 3.13. The van der Waals surface area contributed by atoms with Crippen LogP contribution in [0.3, 0.4) is 0 Å². The van der Waals surface area contributed by atoms with E-state index in [9.17, 15) is 9.90 Å². The second-order valence-electron chi connectivity index (χ2n) is 5.85. The van der Waals surface area contributed by atoms with Gasteiger partial charge in [-0.05, 0) is 34.6 Å². The Balaban J connectivity index is 2.11. The quantitative estimate of drug-likeness (QED) is 0.783. The highest BCUT2D eigenvalue weighted by molar-refractivity contribution is 6.32. The third-order valence-electron chi connectivity index (χ3n) is 4.46. The van der Waals surface area contributed by atoms with Crippen molar-refractivity contribution in [3.8, 4) is 0 Å². The number of nitrogens with zero attached hydrogens (tertiary/aromatic N) is 1. The number of carbonyl (C=O) groups is 1. The van der Waals surface area contributed by atoms with Crippen LogP contribution in [0.2, 0.25) is 5.02 Å². The van der Waals surface area contributed by atoms with Gasteiger partial charge in [-0.2, -0.15) is 0 Å². The fourth-order valence-electron chi connectivity index (χ4n) is 3.63. The molecule has 0 aromatic heterocycles. The summed E-state index contributed by atoms with van der Waals surface area (Å²) in [6.45, 7) is 7.41. The predicted octanol–water partition coefficient (Wildman–Crippen LogP) is 3.84. The molecule has 3 nitrogen and oxygen atoms in total. The number of hydrogen-bond donors (Lipinski definition) is 1. The van der Waals surface area contributed by atoms with Gasteiger partial charge in [0.2, 0.25) is 0 Å². The van der Waals surface area contributed by atoms with Gasteiger partial charge in [-0.3, -0.25) is 0 Å². The van der Waals surface area contributed by atoms with Gasteiger partial charge in [-0.15, -0.1) is 0 Å². The van der Waals surface area contributed by atoms with Gasteiger partial charge >= 0.3 is 6.09 Å². The first-order valence-electron chi connectivity index (χ1n) is 6.37. The molecular weight excluding hydrogens is 262 g/mol. The van der Waals surface area contributed by atoms with Crippen LogP contribution in [0.5, 0.6) is 0 Å². The third-order valence-corrected chi connectivity index (χ3v) is 4.77. The Morgan fingerprint density at radius 1 is 1.58 bits per heavy atom. The number of allylic oxidation sites excluding steroid dienone is 1. The van der Waals surface area contributed by atoms with E-state index in [0.29, 0.717) is 13.1 Å². The van der Waals surface area contributed by atoms with Crippen molar-refractivity contribution >= 4 is 23.3 Å². The summed E-state index contributed by atoms with van der Waals surface area (Å²) in [7, 11) is 0. The first-order valence-corrected chi connectivity index (χ1v) is 6.74. The molecule has 0 radical (unpaired) electrons. The second-order valence-corrected chi connectivity index (χ2v) is 6.26. The average molecular weight is 278 g/mol. The van der Waals surface area contributed by atoms with Gasteiger partial charge in [0, 0.05) is 24.0 Å². The van der Waals surface area contributed by atoms with Crippen LogP contribution in [-0.4, -0.2) is 29.2 Å². The topological polar surface area (TPSA) is 40.5 Å².